The minimum absolute atomic E-state index is 0.109. The van der Waals surface area contributed by atoms with Gasteiger partial charge in [-0.25, -0.2) is 0 Å². The molecule has 0 spiro atoms. The van der Waals surface area contributed by atoms with E-state index in [4.69, 9.17) is 5.84 Å². The van der Waals surface area contributed by atoms with Crippen LogP contribution in [0.5, 0.6) is 0 Å². The van der Waals surface area contributed by atoms with Gasteiger partial charge in [-0.1, -0.05) is 32.4 Å². The van der Waals surface area contributed by atoms with Crippen LogP contribution in [0.3, 0.4) is 0 Å². The standard InChI is InChI=1S/C13H19F3N2/c1-3-9(2)8-12(18-17)10-4-6-11(7-5-10)13(14,15)16/h4-7,9,12,18H,3,8,17H2,1-2H3. The molecule has 0 aromatic heterocycles. The molecule has 3 N–H and O–H groups in total. The van der Waals surface area contributed by atoms with Crippen LogP contribution in [0.4, 0.5) is 13.2 Å². The van der Waals surface area contributed by atoms with Crippen molar-refractivity contribution in [1.82, 2.24) is 5.43 Å². The van der Waals surface area contributed by atoms with Crippen molar-refractivity contribution in [3.63, 3.8) is 0 Å². The fraction of sp³-hybridized carbons (Fsp3) is 0.538. The summed E-state index contributed by atoms with van der Waals surface area (Å²) >= 11 is 0. The molecule has 0 aliphatic rings. The van der Waals surface area contributed by atoms with E-state index in [9.17, 15) is 13.2 Å². The van der Waals surface area contributed by atoms with E-state index in [2.05, 4.69) is 19.3 Å². The lowest BCUT2D eigenvalue weighted by Crippen LogP contribution is -2.29. The topological polar surface area (TPSA) is 38.0 Å². The predicted octanol–water partition coefficient (Wildman–Crippen LogP) is 3.65. The molecule has 5 heteroatoms. The normalized spacial score (nSPS) is 15.4. The predicted molar refractivity (Wildman–Crippen MR) is 65.6 cm³/mol. The van der Waals surface area contributed by atoms with Gasteiger partial charge in [-0.15, -0.1) is 0 Å². The summed E-state index contributed by atoms with van der Waals surface area (Å²) in [6.07, 6.45) is -2.47. The van der Waals surface area contributed by atoms with Crippen LogP contribution in [0.15, 0.2) is 24.3 Å². The van der Waals surface area contributed by atoms with Gasteiger partial charge in [-0.2, -0.15) is 13.2 Å². The lowest BCUT2D eigenvalue weighted by molar-refractivity contribution is -0.137. The van der Waals surface area contributed by atoms with Gasteiger partial charge in [0.1, 0.15) is 0 Å². The molecule has 0 amide bonds. The molecule has 2 nitrogen and oxygen atoms in total. The summed E-state index contributed by atoms with van der Waals surface area (Å²) in [5.74, 6) is 5.93. The molecule has 0 saturated carbocycles. The van der Waals surface area contributed by atoms with Gasteiger partial charge in [0.05, 0.1) is 5.56 Å². The van der Waals surface area contributed by atoms with Gasteiger partial charge in [0, 0.05) is 6.04 Å². The molecule has 1 rings (SSSR count). The number of hydrogen-bond donors (Lipinski definition) is 2. The van der Waals surface area contributed by atoms with Crippen LogP contribution in [0.1, 0.15) is 43.9 Å². The summed E-state index contributed by atoms with van der Waals surface area (Å²) in [4.78, 5) is 0. The van der Waals surface area contributed by atoms with E-state index < -0.39 is 11.7 Å². The Balaban J connectivity index is 2.82. The monoisotopic (exact) mass is 260 g/mol. The van der Waals surface area contributed by atoms with Crippen molar-refractivity contribution in [2.45, 2.75) is 38.9 Å². The number of halogens is 3. The van der Waals surface area contributed by atoms with Crippen molar-refractivity contribution in [1.29, 1.82) is 0 Å². The lowest BCUT2D eigenvalue weighted by atomic mass is 9.94. The quantitative estimate of drug-likeness (QED) is 0.626. The summed E-state index contributed by atoms with van der Waals surface area (Å²) in [6.45, 7) is 4.17. The molecule has 1 aromatic carbocycles. The van der Waals surface area contributed by atoms with E-state index in [1.54, 1.807) is 0 Å². The number of benzene rings is 1. The van der Waals surface area contributed by atoms with E-state index in [-0.39, 0.29) is 6.04 Å². The van der Waals surface area contributed by atoms with Gasteiger partial charge in [-0.05, 0) is 30.0 Å². The molecule has 2 unspecified atom stereocenters. The van der Waals surface area contributed by atoms with E-state index in [0.717, 1.165) is 30.5 Å². The Labute approximate surface area is 105 Å². The minimum atomic E-state index is -4.29. The highest BCUT2D eigenvalue weighted by Gasteiger charge is 2.30. The minimum Gasteiger partial charge on any atom is -0.271 e. The first-order chi connectivity index (χ1) is 8.38. The van der Waals surface area contributed by atoms with E-state index in [1.165, 1.54) is 12.1 Å². The fourth-order valence-electron chi connectivity index (χ4n) is 1.77. The average molecular weight is 260 g/mol. The van der Waals surface area contributed by atoms with Crippen LogP contribution in [0, 0.1) is 5.92 Å². The van der Waals surface area contributed by atoms with E-state index >= 15 is 0 Å². The zero-order valence-corrected chi connectivity index (χ0v) is 10.6. The maximum atomic E-state index is 12.4. The Morgan fingerprint density at radius 1 is 1.22 bits per heavy atom. The molecule has 0 radical (unpaired) electrons. The number of nitrogens with two attached hydrogens (primary N) is 1. The first kappa shape index (κ1) is 15.0. The summed E-state index contributed by atoms with van der Waals surface area (Å²) in [5.41, 5.74) is 2.81. The molecule has 0 aliphatic heterocycles. The van der Waals surface area contributed by atoms with E-state index in [1.807, 2.05) is 0 Å². The second kappa shape index (κ2) is 6.20. The van der Waals surface area contributed by atoms with Crippen molar-refractivity contribution in [3.8, 4) is 0 Å². The maximum absolute atomic E-state index is 12.4. The van der Waals surface area contributed by atoms with Gasteiger partial charge in [0.25, 0.3) is 0 Å². The zero-order valence-electron chi connectivity index (χ0n) is 10.6. The molecule has 0 aliphatic carbocycles. The summed E-state index contributed by atoms with van der Waals surface area (Å²) in [5, 5.41) is 0. The number of rotatable bonds is 5. The van der Waals surface area contributed by atoms with Crippen LogP contribution in [0.25, 0.3) is 0 Å². The van der Waals surface area contributed by atoms with Gasteiger partial charge >= 0.3 is 6.18 Å². The van der Waals surface area contributed by atoms with Crippen molar-refractivity contribution < 1.29 is 13.2 Å². The van der Waals surface area contributed by atoms with Gasteiger partial charge < -0.3 is 0 Å². The van der Waals surface area contributed by atoms with Gasteiger partial charge in [-0.3, -0.25) is 11.3 Å². The van der Waals surface area contributed by atoms with Crippen molar-refractivity contribution in [3.05, 3.63) is 35.4 Å². The zero-order chi connectivity index (χ0) is 13.8. The Bertz CT molecular complexity index is 359. The Morgan fingerprint density at radius 3 is 2.17 bits per heavy atom. The molecule has 0 bridgehead atoms. The van der Waals surface area contributed by atoms with Crippen LogP contribution >= 0.6 is 0 Å². The highest BCUT2D eigenvalue weighted by molar-refractivity contribution is 5.26. The smallest absolute Gasteiger partial charge is 0.271 e. The molecule has 0 saturated heterocycles. The maximum Gasteiger partial charge on any atom is 0.416 e. The molecular weight excluding hydrogens is 241 g/mol. The average Bonchev–Trinajstić information content (AvgIpc) is 2.34. The van der Waals surface area contributed by atoms with Crippen molar-refractivity contribution in [2.24, 2.45) is 11.8 Å². The lowest BCUT2D eigenvalue weighted by Gasteiger charge is -2.20. The third-order valence-electron chi connectivity index (χ3n) is 3.18. The van der Waals surface area contributed by atoms with Crippen LogP contribution < -0.4 is 11.3 Å². The van der Waals surface area contributed by atoms with Crippen LogP contribution in [-0.2, 0) is 6.18 Å². The Morgan fingerprint density at radius 2 is 1.78 bits per heavy atom. The largest absolute Gasteiger partial charge is 0.416 e. The van der Waals surface area contributed by atoms with Crippen molar-refractivity contribution in [2.75, 3.05) is 0 Å². The summed E-state index contributed by atoms with van der Waals surface area (Å²) in [7, 11) is 0. The third-order valence-corrected chi connectivity index (χ3v) is 3.18. The fourth-order valence-corrected chi connectivity index (χ4v) is 1.77. The third kappa shape index (κ3) is 3.99. The highest BCUT2D eigenvalue weighted by Crippen LogP contribution is 2.30. The number of hydrazine groups is 1. The van der Waals surface area contributed by atoms with Gasteiger partial charge in [0.2, 0.25) is 0 Å². The summed E-state index contributed by atoms with van der Waals surface area (Å²) in [6, 6.07) is 5.04. The molecule has 0 fully saturated rings. The Kier molecular flexibility index (Phi) is 5.16. The Hall–Kier alpha value is -1.07. The molecular formula is C13H19F3N2. The van der Waals surface area contributed by atoms with Crippen LogP contribution in [-0.4, -0.2) is 0 Å². The first-order valence-corrected chi connectivity index (χ1v) is 6.01. The highest BCUT2D eigenvalue weighted by atomic mass is 19.4. The SMILES string of the molecule is CCC(C)CC(NN)c1ccc(C(F)(F)F)cc1. The second-order valence-corrected chi connectivity index (χ2v) is 4.59. The number of alkyl halides is 3. The molecule has 2 atom stereocenters. The van der Waals surface area contributed by atoms with E-state index in [0.29, 0.717) is 5.92 Å². The molecule has 102 valence electrons. The summed E-state index contributed by atoms with van der Waals surface area (Å²) < 4.78 is 37.3. The second-order valence-electron chi connectivity index (χ2n) is 4.59. The molecule has 1 aromatic rings. The van der Waals surface area contributed by atoms with Crippen LogP contribution in [0.2, 0.25) is 0 Å². The number of nitrogens with one attached hydrogen (secondary N) is 1. The molecule has 18 heavy (non-hydrogen) atoms. The van der Waals surface area contributed by atoms with Gasteiger partial charge in [0.15, 0.2) is 0 Å². The number of hydrogen-bond acceptors (Lipinski definition) is 2. The molecule has 0 heterocycles. The van der Waals surface area contributed by atoms with Crippen molar-refractivity contribution >= 4 is 0 Å². The first-order valence-electron chi connectivity index (χ1n) is 6.01.